The average molecular weight is 247 g/mol. The molecule has 1 heterocycles. The SMILES string of the molecule is COc1cc(C)cc(C)c1C(=O)C(C)C1CNC1. The van der Waals surface area contributed by atoms with Gasteiger partial charge in [-0.25, -0.2) is 0 Å². The molecule has 0 spiro atoms. The first-order valence-corrected chi connectivity index (χ1v) is 6.44. The quantitative estimate of drug-likeness (QED) is 0.830. The van der Waals surface area contributed by atoms with Gasteiger partial charge in [-0.05, 0) is 50.0 Å². The molecule has 0 saturated carbocycles. The Morgan fingerprint density at radius 2 is 2.06 bits per heavy atom. The second kappa shape index (κ2) is 5.11. The molecule has 0 amide bonds. The minimum absolute atomic E-state index is 0.0570. The Labute approximate surface area is 109 Å². The molecule has 1 saturated heterocycles. The minimum atomic E-state index is 0.0570. The molecule has 1 aliphatic heterocycles. The van der Waals surface area contributed by atoms with Gasteiger partial charge < -0.3 is 10.1 Å². The predicted octanol–water partition coefficient (Wildman–Crippen LogP) is 2.35. The maximum Gasteiger partial charge on any atom is 0.170 e. The standard InChI is InChI=1S/C15H21NO2/c1-9-5-10(2)14(13(6-9)18-4)15(17)11(3)12-7-16-8-12/h5-6,11-12,16H,7-8H2,1-4H3. The van der Waals surface area contributed by atoms with Crippen molar-refractivity contribution in [2.75, 3.05) is 20.2 Å². The zero-order chi connectivity index (χ0) is 13.3. The van der Waals surface area contributed by atoms with Gasteiger partial charge >= 0.3 is 0 Å². The molecular formula is C15H21NO2. The Balaban J connectivity index is 2.34. The van der Waals surface area contributed by atoms with E-state index in [-0.39, 0.29) is 11.7 Å². The number of hydrogen-bond donors (Lipinski definition) is 1. The van der Waals surface area contributed by atoms with Gasteiger partial charge in [-0.1, -0.05) is 13.0 Å². The smallest absolute Gasteiger partial charge is 0.170 e. The van der Waals surface area contributed by atoms with Crippen LogP contribution in [-0.2, 0) is 0 Å². The van der Waals surface area contributed by atoms with Crippen molar-refractivity contribution >= 4 is 5.78 Å². The van der Waals surface area contributed by atoms with E-state index >= 15 is 0 Å². The number of hydrogen-bond acceptors (Lipinski definition) is 3. The summed E-state index contributed by atoms with van der Waals surface area (Å²) in [5.41, 5.74) is 2.89. The molecule has 1 aromatic carbocycles. The Bertz CT molecular complexity index is 464. The summed E-state index contributed by atoms with van der Waals surface area (Å²) in [6.45, 7) is 7.91. The molecule has 1 aliphatic rings. The molecule has 1 unspecified atom stereocenters. The third kappa shape index (κ3) is 2.27. The molecule has 0 bridgehead atoms. The third-order valence-electron chi connectivity index (χ3n) is 3.84. The van der Waals surface area contributed by atoms with Gasteiger partial charge in [0.05, 0.1) is 12.7 Å². The van der Waals surface area contributed by atoms with Gasteiger partial charge in [0, 0.05) is 5.92 Å². The van der Waals surface area contributed by atoms with Gasteiger partial charge in [0.15, 0.2) is 5.78 Å². The van der Waals surface area contributed by atoms with Gasteiger partial charge in [0.2, 0.25) is 0 Å². The fourth-order valence-corrected chi connectivity index (χ4v) is 2.51. The van der Waals surface area contributed by atoms with Gasteiger partial charge in [-0.2, -0.15) is 0 Å². The van der Waals surface area contributed by atoms with E-state index < -0.39 is 0 Å². The molecule has 0 aromatic heterocycles. The van der Waals surface area contributed by atoms with Gasteiger partial charge in [-0.3, -0.25) is 4.79 Å². The Hall–Kier alpha value is -1.35. The Morgan fingerprint density at radius 1 is 1.39 bits per heavy atom. The summed E-state index contributed by atoms with van der Waals surface area (Å²) < 4.78 is 5.37. The maximum atomic E-state index is 12.6. The van der Waals surface area contributed by atoms with Crippen LogP contribution in [0.1, 0.15) is 28.4 Å². The number of Topliss-reactive ketones (excluding diaryl/α,β-unsaturated/α-hetero) is 1. The van der Waals surface area contributed by atoms with E-state index in [9.17, 15) is 4.79 Å². The molecule has 3 nitrogen and oxygen atoms in total. The number of benzene rings is 1. The van der Waals surface area contributed by atoms with Crippen LogP contribution < -0.4 is 10.1 Å². The van der Waals surface area contributed by atoms with Crippen LogP contribution >= 0.6 is 0 Å². The molecule has 0 radical (unpaired) electrons. The molecule has 2 rings (SSSR count). The molecule has 1 N–H and O–H groups in total. The van der Waals surface area contributed by atoms with E-state index in [0.717, 1.165) is 29.8 Å². The average Bonchev–Trinajstić information content (AvgIpc) is 2.24. The summed E-state index contributed by atoms with van der Waals surface area (Å²) in [5, 5.41) is 3.22. The lowest BCUT2D eigenvalue weighted by Gasteiger charge is -2.32. The number of carbonyl (C=O) groups is 1. The predicted molar refractivity (Wildman–Crippen MR) is 72.3 cm³/mol. The third-order valence-corrected chi connectivity index (χ3v) is 3.84. The number of aryl methyl sites for hydroxylation is 2. The van der Waals surface area contributed by atoms with Gasteiger partial charge in [0.1, 0.15) is 5.75 Å². The van der Waals surface area contributed by atoms with Gasteiger partial charge in [-0.15, -0.1) is 0 Å². The van der Waals surface area contributed by atoms with Gasteiger partial charge in [0.25, 0.3) is 0 Å². The molecule has 1 fully saturated rings. The number of methoxy groups -OCH3 is 1. The number of nitrogens with one attached hydrogen (secondary N) is 1. The number of rotatable bonds is 4. The fourth-order valence-electron chi connectivity index (χ4n) is 2.51. The van der Waals surface area contributed by atoms with Crippen molar-refractivity contribution in [3.63, 3.8) is 0 Å². The topological polar surface area (TPSA) is 38.3 Å². The fraction of sp³-hybridized carbons (Fsp3) is 0.533. The van der Waals surface area contributed by atoms with Crippen molar-refractivity contribution in [2.45, 2.75) is 20.8 Å². The van der Waals surface area contributed by atoms with Crippen molar-refractivity contribution < 1.29 is 9.53 Å². The second-order valence-electron chi connectivity index (χ2n) is 5.23. The van der Waals surface area contributed by atoms with E-state index in [1.54, 1.807) is 7.11 Å². The first-order valence-electron chi connectivity index (χ1n) is 6.44. The van der Waals surface area contributed by atoms with Crippen LogP contribution in [0.5, 0.6) is 5.75 Å². The first kappa shape index (κ1) is 13.1. The monoisotopic (exact) mass is 247 g/mol. The van der Waals surface area contributed by atoms with Crippen LogP contribution in [0, 0.1) is 25.7 Å². The van der Waals surface area contributed by atoms with E-state index in [2.05, 4.69) is 5.32 Å². The van der Waals surface area contributed by atoms with Crippen LogP contribution in [0.25, 0.3) is 0 Å². The highest BCUT2D eigenvalue weighted by Gasteiger charge is 2.31. The van der Waals surface area contributed by atoms with E-state index in [1.807, 2.05) is 32.9 Å². The molecule has 0 aliphatic carbocycles. The van der Waals surface area contributed by atoms with Crippen molar-refractivity contribution in [1.29, 1.82) is 0 Å². The van der Waals surface area contributed by atoms with Crippen LogP contribution in [-0.4, -0.2) is 26.0 Å². The van der Waals surface area contributed by atoms with Crippen molar-refractivity contribution in [3.05, 3.63) is 28.8 Å². The molecule has 3 heteroatoms. The molecular weight excluding hydrogens is 226 g/mol. The molecule has 98 valence electrons. The Kier molecular flexibility index (Phi) is 3.71. The summed E-state index contributed by atoms with van der Waals surface area (Å²) in [4.78, 5) is 12.6. The van der Waals surface area contributed by atoms with Crippen molar-refractivity contribution in [1.82, 2.24) is 5.32 Å². The minimum Gasteiger partial charge on any atom is -0.496 e. The first-order chi connectivity index (χ1) is 8.54. The zero-order valence-electron chi connectivity index (χ0n) is 11.5. The van der Waals surface area contributed by atoms with Crippen LogP contribution in [0.4, 0.5) is 0 Å². The lowest BCUT2D eigenvalue weighted by molar-refractivity contribution is 0.0850. The van der Waals surface area contributed by atoms with Crippen LogP contribution in [0.3, 0.4) is 0 Å². The number of ketones is 1. The normalized spacial score (nSPS) is 17.1. The van der Waals surface area contributed by atoms with E-state index in [4.69, 9.17) is 4.74 Å². The van der Waals surface area contributed by atoms with E-state index in [0.29, 0.717) is 11.7 Å². The Morgan fingerprint density at radius 3 is 2.56 bits per heavy atom. The summed E-state index contributed by atoms with van der Waals surface area (Å²) in [6, 6.07) is 3.98. The highest BCUT2D eigenvalue weighted by Crippen LogP contribution is 2.29. The number of ether oxygens (including phenoxy) is 1. The highest BCUT2D eigenvalue weighted by atomic mass is 16.5. The molecule has 1 aromatic rings. The van der Waals surface area contributed by atoms with E-state index in [1.165, 1.54) is 0 Å². The molecule has 18 heavy (non-hydrogen) atoms. The number of carbonyl (C=O) groups excluding carboxylic acids is 1. The van der Waals surface area contributed by atoms with Crippen LogP contribution in [0.15, 0.2) is 12.1 Å². The lowest BCUT2D eigenvalue weighted by Crippen LogP contribution is -2.47. The van der Waals surface area contributed by atoms with Crippen molar-refractivity contribution in [3.8, 4) is 5.75 Å². The zero-order valence-corrected chi connectivity index (χ0v) is 11.5. The summed E-state index contributed by atoms with van der Waals surface area (Å²) in [7, 11) is 1.63. The molecule has 1 atom stereocenters. The largest absolute Gasteiger partial charge is 0.496 e. The summed E-state index contributed by atoms with van der Waals surface area (Å²) in [5.74, 6) is 1.43. The summed E-state index contributed by atoms with van der Waals surface area (Å²) >= 11 is 0. The maximum absolute atomic E-state index is 12.6. The summed E-state index contributed by atoms with van der Waals surface area (Å²) in [6.07, 6.45) is 0. The lowest BCUT2D eigenvalue weighted by atomic mass is 9.82. The van der Waals surface area contributed by atoms with Crippen molar-refractivity contribution in [2.24, 2.45) is 11.8 Å². The highest BCUT2D eigenvalue weighted by molar-refractivity contribution is 6.01. The second-order valence-corrected chi connectivity index (χ2v) is 5.23. The van der Waals surface area contributed by atoms with Crippen LogP contribution in [0.2, 0.25) is 0 Å².